The number of benzene rings is 2. The Morgan fingerprint density at radius 2 is 1.41 bits per heavy atom. The van der Waals surface area contributed by atoms with Crippen molar-refractivity contribution in [3.8, 4) is 0 Å². The predicted molar refractivity (Wildman–Crippen MR) is 114 cm³/mol. The lowest BCUT2D eigenvalue weighted by atomic mass is 10.0. The number of hydrogen-bond acceptors (Lipinski definition) is 2. The minimum Gasteiger partial charge on any atom is -0.341 e. The molecule has 0 aliphatic carbocycles. The Balaban J connectivity index is 1.63. The summed E-state index contributed by atoms with van der Waals surface area (Å²) >= 11 is 0. The SMILES string of the molecule is Cc1ccc(NC(=O)C(=O)NC[C@@H](c2ccc(C)cc2)[NH+]2CC[NH+](C)CC2)cc1. The minimum absolute atomic E-state index is 0.139. The van der Waals surface area contributed by atoms with Crippen LogP contribution in [-0.2, 0) is 9.59 Å². The maximum Gasteiger partial charge on any atom is 0.313 e. The molecule has 1 fully saturated rings. The van der Waals surface area contributed by atoms with Gasteiger partial charge in [0.05, 0.1) is 13.6 Å². The molecule has 0 bridgehead atoms. The fourth-order valence-corrected chi connectivity index (χ4v) is 3.74. The molecular weight excluding hydrogens is 364 g/mol. The Morgan fingerprint density at radius 3 is 2.00 bits per heavy atom. The number of carbonyl (C=O) groups excluding carboxylic acids is 2. The first kappa shape index (κ1) is 21.0. The molecule has 2 aromatic rings. The molecule has 154 valence electrons. The van der Waals surface area contributed by atoms with Crippen molar-refractivity contribution in [2.24, 2.45) is 0 Å². The highest BCUT2D eigenvalue weighted by atomic mass is 16.2. The van der Waals surface area contributed by atoms with Gasteiger partial charge in [0, 0.05) is 11.3 Å². The second-order valence-electron chi connectivity index (χ2n) is 8.11. The average Bonchev–Trinajstić information content (AvgIpc) is 2.72. The fraction of sp³-hybridized carbons (Fsp3) is 0.391. The van der Waals surface area contributed by atoms with Crippen molar-refractivity contribution in [2.75, 3.05) is 45.1 Å². The lowest BCUT2D eigenvalue weighted by molar-refractivity contribution is -1.02. The second-order valence-corrected chi connectivity index (χ2v) is 8.11. The van der Waals surface area contributed by atoms with E-state index in [1.165, 1.54) is 20.9 Å². The van der Waals surface area contributed by atoms with Crippen molar-refractivity contribution in [3.05, 3.63) is 65.2 Å². The summed E-state index contributed by atoms with van der Waals surface area (Å²) in [5, 5.41) is 5.52. The molecule has 1 heterocycles. The van der Waals surface area contributed by atoms with Crippen LogP contribution in [0.2, 0.25) is 0 Å². The smallest absolute Gasteiger partial charge is 0.313 e. The van der Waals surface area contributed by atoms with E-state index in [1.54, 1.807) is 12.1 Å². The Labute approximate surface area is 172 Å². The predicted octanol–water partition coefficient (Wildman–Crippen LogP) is -0.487. The highest BCUT2D eigenvalue weighted by Gasteiger charge is 2.30. The van der Waals surface area contributed by atoms with Crippen LogP contribution in [-0.4, -0.2) is 51.6 Å². The summed E-state index contributed by atoms with van der Waals surface area (Å²) in [4.78, 5) is 27.7. The van der Waals surface area contributed by atoms with Gasteiger partial charge in [-0.3, -0.25) is 9.59 Å². The minimum atomic E-state index is -0.630. The molecule has 1 aliphatic rings. The molecule has 6 heteroatoms. The van der Waals surface area contributed by atoms with E-state index >= 15 is 0 Å². The summed E-state index contributed by atoms with van der Waals surface area (Å²) in [6.07, 6.45) is 0. The van der Waals surface area contributed by atoms with Gasteiger partial charge in [-0.1, -0.05) is 47.5 Å². The number of nitrogens with one attached hydrogen (secondary N) is 4. The average molecular weight is 397 g/mol. The van der Waals surface area contributed by atoms with Gasteiger partial charge in [0.1, 0.15) is 32.2 Å². The number of hydrogen-bond donors (Lipinski definition) is 4. The summed E-state index contributed by atoms with van der Waals surface area (Å²) in [6, 6.07) is 16.0. The number of aryl methyl sites for hydroxylation is 2. The Kier molecular flexibility index (Phi) is 7.01. The highest BCUT2D eigenvalue weighted by molar-refractivity contribution is 6.39. The first-order chi connectivity index (χ1) is 13.9. The molecule has 2 aromatic carbocycles. The van der Waals surface area contributed by atoms with Gasteiger partial charge >= 0.3 is 11.8 Å². The molecule has 0 saturated carbocycles. The van der Waals surface area contributed by atoms with E-state index in [9.17, 15) is 9.59 Å². The van der Waals surface area contributed by atoms with Crippen molar-refractivity contribution < 1.29 is 19.4 Å². The molecule has 1 saturated heterocycles. The number of amides is 2. The molecule has 1 aliphatic heterocycles. The zero-order valence-corrected chi connectivity index (χ0v) is 17.5. The molecule has 2 amide bonds. The van der Waals surface area contributed by atoms with Gasteiger partial charge in [0.2, 0.25) is 0 Å². The van der Waals surface area contributed by atoms with Crippen LogP contribution < -0.4 is 20.4 Å². The van der Waals surface area contributed by atoms with Crippen LogP contribution in [0.25, 0.3) is 0 Å². The van der Waals surface area contributed by atoms with Crippen LogP contribution >= 0.6 is 0 Å². The zero-order chi connectivity index (χ0) is 20.8. The Bertz CT molecular complexity index is 825. The molecule has 0 unspecified atom stereocenters. The normalized spacial score (nSPS) is 20.0. The monoisotopic (exact) mass is 396 g/mol. The van der Waals surface area contributed by atoms with Crippen molar-refractivity contribution >= 4 is 17.5 Å². The molecular formula is C23H32N4O2+2. The molecule has 1 atom stereocenters. The number of rotatable bonds is 5. The molecule has 4 N–H and O–H groups in total. The van der Waals surface area contributed by atoms with E-state index in [-0.39, 0.29) is 6.04 Å². The van der Waals surface area contributed by atoms with Gasteiger partial charge in [0.15, 0.2) is 0 Å². The van der Waals surface area contributed by atoms with Crippen molar-refractivity contribution in [3.63, 3.8) is 0 Å². The topological polar surface area (TPSA) is 67.1 Å². The highest BCUT2D eigenvalue weighted by Crippen LogP contribution is 2.11. The van der Waals surface area contributed by atoms with E-state index in [0.29, 0.717) is 12.2 Å². The van der Waals surface area contributed by atoms with Gasteiger partial charge in [-0.15, -0.1) is 0 Å². The van der Waals surface area contributed by atoms with Crippen molar-refractivity contribution in [2.45, 2.75) is 19.9 Å². The molecule has 6 nitrogen and oxygen atoms in total. The largest absolute Gasteiger partial charge is 0.341 e. The first-order valence-electron chi connectivity index (χ1n) is 10.3. The van der Waals surface area contributed by atoms with Gasteiger partial charge in [-0.25, -0.2) is 0 Å². The summed E-state index contributed by atoms with van der Waals surface area (Å²) in [6.45, 7) is 8.82. The van der Waals surface area contributed by atoms with E-state index in [1.807, 2.05) is 19.1 Å². The summed E-state index contributed by atoms with van der Waals surface area (Å²) < 4.78 is 0. The van der Waals surface area contributed by atoms with E-state index in [2.05, 4.69) is 48.9 Å². The van der Waals surface area contributed by atoms with Gasteiger partial charge in [-0.2, -0.15) is 0 Å². The second kappa shape index (κ2) is 9.67. The van der Waals surface area contributed by atoms with Gasteiger partial charge in [-0.05, 0) is 26.0 Å². The zero-order valence-electron chi connectivity index (χ0n) is 17.5. The lowest BCUT2D eigenvalue weighted by Crippen LogP contribution is -3.27. The summed E-state index contributed by atoms with van der Waals surface area (Å²) in [5.41, 5.74) is 4.14. The van der Waals surface area contributed by atoms with Crippen LogP contribution in [0.15, 0.2) is 48.5 Å². The molecule has 0 radical (unpaired) electrons. The van der Waals surface area contributed by atoms with Crippen LogP contribution in [0, 0.1) is 13.8 Å². The molecule has 3 rings (SSSR count). The van der Waals surface area contributed by atoms with E-state index < -0.39 is 11.8 Å². The Morgan fingerprint density at radius 1 is 0.862 bits per heavy atom. The van der Waals surface area contributed by atoms with Gasteiger partial charge < -0.3 is 20.4 Å². The first-order valence-corrected chi connectivity index (χ1v) is 10.3. The van der Waals surface area contributed by atoms with Crippen LogP contribution in [0.1, 0.15) is 22.7 Å². The number of quaternary nitrogens is 2. The molecule has 29 heavy (non-hydrogen) atoms. The molecule has 0 aromatic heterocycles. The number of piperazine rings is 1. The summed E-state index contributed by atoms with van der Waals surface area (Å²) in [7, 11) is 2.22. The fourth-order valence-electron chi connectivity index (χ4n) is 3.74. The van der Waals surface area contributed by atoms with Crippen molar-refractivity contribution in [1.29, 1.82) is 0 Å². The van der Waals surface area contributed by atoms with Crippen LogP contribution in [0.3, 0.4) is 0 Å². The van der Waals surface area contributed by atoms with Crippen LogP contribution in [0.5, 0.6) is 0 Å². The maximum atomic E-state index is 12.4. The maximum absolute atomic E-state index is 12.4. The third kappa shape index (κ3) is 5.89. The quantitative estimate of drug-likeness (QED) is 0.516. The van der Waals surface area contributed by atoms with E-state index in [4.69, 9.17) is 0 Å². The standard InChI is InChI=1S/C23H30N4O2/c1-17-4-8-19(9-5-17)21(27-14-12-26(3)13-15-27)16-24-22(28)23(29)25-20-10-6-18(2)7-11-20/h4-11,21H,12-16H2,1-3H3,(H,24,28)(H,25,29)/p+2/t21-/m0/s1. The van der Waals surface area contributed by atoms with E-state index in [0.717, 1.165) is 31.7 Å². The number of carbonyl (C=O) groups is 2. The molecule has 0 spiro atoms. The van der Waals surface area contributed by atoms with Crippen LogP contribution in [0.4, 0.5) is 5.69 Å². The third-order valence-corrected chi connectivity index (χ3v) is 5.70. The van der Waals surface area contributed by atoms with Gasteiger partial charge in [0.25, 0.3) is 0 Å². The summed E-state index contributed by atoms with van der Waals surface area (Å²) in [5.74, 6) is -1.23. The number of likely N-dealkylation sites (N-methyl/N-ethyl adjacent to an activating group) is 1. The number of anilines is 1. The van der Waals surface area contributed by atoms with Crippen molar-refractivity contribution in [1.82, 2.24) is 5.32 Å². The lowest BCUT2D eigenvalue weighted by Gasteiger charge is -2.33. The Hall–Kier alpha value is -2.70. The third-order valence-electron chi connectivity index (χ3n) is 5.70.